The molecule has 0 unspecified atom stereocenters. The molecule has 0 radical (unpaired) electrons. The third kappa shape index (κ3) is 2.76. The van der Waals surface area contributed by atoms with Crippen LogP contribution in [0.2, 0.25) is 0 Å². The van der Waals surface area contributed by atoms with E-state index in [2.05, 4.69) is 0 Å². The Kier molecular flexibility index (Phi) is 3.99. The predicted octanol–water partition coefficient (Wildman–Crippen LogP) is 3.72. The Morgan fingerprint density at radius 3 is 2.42 bits per heavy atom. The van der Waals surface area contributed by atoms with Crippen molar-refractivity contribution in [1.82, 2.24) is 0 Å². The van der Waals surface area contributed by atoms with Gasteiger partial charge in [0, 0.05) is 5.69 Å². The number of hydrogen-bond acceptors (Lipinski definition) is 6. The van der Waals surface area contributed by atoms with Gasteiger partial charge in [-0.1, -0.05) is 6.07 Å². The second-order valence-corrected chi connectivity index (χ2v) is 7.36. The van der Waals surface area contributed by atoms with Crippen molar-refractivity contribution >= 4 is 29.0 Å². The Hall–Kier alpha value is -2.74. The molecule has 1 atom stereocenters. The van der Waals surface area contributed by atoms with Crippen molar-refractivity contribution in [2.24, 2.45) is 0 Å². The van der Waals surface area contributed by atoms with Crippen molar-refractivity contribution in [2.75, 3.05) is 17.4 Å². The summed E-state index contributed by atoms with van der Waals surface area (Å²) in [6.07, 6.45) is 0. The average Bonchev–Trinajstić information content (AvgIpc) is 3.18. The molecule has 1 saturated heterocycles. The van der Waals surface area contributed by atoms with Crippen LogP contribution in [0.25, 0.3) is 0 Å². The number of benzene rings is 2. The summed E-state index contributed by atoms with van der Waals surface area (Å²) < 4.78 is 10.6. The van der Waals surface area contributed by atoms with E-state index in [0.29, 0.717) is 17.1 Å². The highest BCUT2D eigenvalue weighted by Crippen LogP contribution is 2.48. The van der Waals surface area contributed by atoms with E-state index in [1.165, 1.54) is 17.8 Å². The zero-order valence-corrected chi connectivity index (χ0v) is 15.0. The predicted molar refractivity (Wildman–Crippen MR) is 97.8 cm³/mol. The topological polar surface area (TPSA) is 81.9 Å². The molecule has 1 fully saturated rings. The molecular formula is C18H16N2O5S. The van der Waals surface area contributed by atoms with Crippen LogP contribution in [-0.2, 0) is 4.79 Å². The van der Waals surface area contributed by atoms with Gasteiger partial charge in [0.05, 0.1) is 22.3 Å². The monoisotopic (exact) mass is 372 g/mol. The molecule has 2 heterocycles. The number of anilines is 1. The Bertz CT molecular complexity index is 910. The zero-order chi connectivity index (χ0) is 18.4. The molecule has 0 aromatic heterocycles. The lowest BCUT2D eigenvalue weighted by Gasteiger charge is -2.25. The molecule has 4 rings (SSSR count). The number of thioether (sulfide) groups is 1. The number of fused-ring (bicyclic) bond motifs is 1. The van der Waals surface area contributed by atoms with Crippen LogP contribution in [-0.4, -0.2) is 23.4 Å². The number of nitro benzene ring substituents is 1. The molecule has 0 bridgehead atoms. The summed E-state index contributed by atoms with van der Waals surface area (Å²) in [5, 5.41) is 11.1. The molecule has 1 amide bonds. The Labute approximate surface area is 154 Å². The minimum absolute atomic E-state index is 0.0352. The first-order valence-electron chi connectivity index (χ1n) is 8.04. The third-order valence-corrected chi connectivity index (χ3v) is 5.53. The summed E-state index contributed by atoms with van der Waals surface area (Å²) in [4.78, 5) is 25.4. The number of nitrogens with zero attached hydrogens (tertiary/aromatic N) is 2. The molecule has 0 spiro atoms. The summed E-state index contributed by atoms with van der Waals surface area (Å²) >= 11 is 1.37. The molecule has 0 aliphatic carbocycles. The Morgan fingerprint density at radius 1 is 1.12 bits per heavy atom. The van der Waals surface area contributed by atoms with E-state index >= 15 is 0 Å². The summed E-state index contributed by atoms with van der Waals surface area (Å²) in [6, 6.07) is 8.85. The van der Waals surface area contributed by atoms with E-state index in [0.717, 1.165) is 16.8 Å². The van der Waals surface area contributed by atoms with Crippen LogP contribution < -0.4 is 14.4 Å². The van der Waals surface area contributed by atoms with E-state index in [9.17, 15) is 14.9 Å². The van der Waals surface area contributed by atoms with Crippen molar-refractivity contribution in [3.8, 4) is 11.5 Å². The van der Waals surface area contributed by atoms with E-state index in [1.807, 2.05) is 32.0 Å². The number of carbonyl (C=O) groups excluding carboxylic acids is 1. The van der Waals surface area contributed by atoms with Gasteiger partial charge in [0.2, 0.25) is 12.7 Å². The summed E-state index contributed by atoms with van der Waals surface area (Å²) in [7, 11) is 0. The second kappa shape index (κ2) is 6.21. The first-order chi connectivity index (χ1) is 12.4. The summed E-state index contributed by atoms with van der Waals surface area (Å²) in [6.45, 7) is 3.96. The molecule has 0 saturated carbocycles. The first-order valence-corrected chi connectivity index (χ1v) is 9.09. The molecular weight excluding hydrogens is 356 g/mol. The van der Waals surface area contributed by atoms with E-state index in [1.54, 1.807) is 11.0 Å². The van der Waals surface area contributed by atoms with Gasteiger partial charge in [-0.2, -0.15) is 0 Å². The minimum Gasteiger partial charge on any atom is -0.454 e. The molecule has 0 N–H and O–H groups in total. The highest BCUT2D eigenvalue weighted by Gasteiger charge is 2.39. The second-order valence-electron chi connectivity index (χ2n) is 6.29. The van der Waals surface area contributed by atoms with Gasteiger partial charge in [0.15, 0.2) is 11.5 Å². The molecule has 7 nitrogen and oxygen atoms in total. The van der Waals surface area contributed by atoms with Crippen LogP contribution in [0.1, 0.15) is 22.1 Å². The van der Waals surface area contributed by atoms with Crippen LogP contribution in [0.3, 0.4) is 0 Å². The van der Waals surface area contributed by atoms with Gasteiger partial charge in [-0.05, 0) is 43.2 Å². The molecule has 2 aromatic carbocycles. The summed E-state index contributed by atoms with van der Waals surface area (Å²) in [5.41, 5.74) is 3.17. The van der Waals surface area contributed by atoms with Crippen molar-refractivity contribution in [2.45, 2.75) is 19.2 Å². The van der Waals surface area contributed by atoms with Gasteiger partial charge < -0.3 is 9.47 Å². The fourth-order valence-corrected chi connectivity index (χ4v) is 4.52. The highest BCUT2D eigenvalue weighted by atomic mass is 32.2. The molecule has 2 aromatic rings. The van der Waals surface area contributed by atoms with Crippen molar-refractivity contribution in [3.63, 3.8) is 0 Å². The Morgan fingerprint density at radius 2 is 1.77 bits per heavy atom. The smallest absolute Gasteiger partial charge is 0.279 e. The van der Waals surface area contributed by atoms with E-state index in [4.69, 9.17) is 9.47 Å². The standard InChI is InChI=1S/C18H16N2O5S/c1-10-3-11(2)5-12(4-10)19-17(21)8-26-18(19)13-6-15-16(25-9-24-15)7-14(13)20(22)23/h3-7,18H,8-9H2,1-2H3/t18-/m0/s1. The number of hydrogen-bond donors (Lipinski definition) is 0. The minimum atomic E-state index is -0.487. The van der Waals surface area contributed by atoms with Gasteiger partial charge in [0.25, 0.3) is 5.69 Å². The van der Waals surface area contributed by atoms with Crippen LogP contribution in [0.5, 0.6) is 11.5 Å². The Balaban J connectivity index is 1.84. The van der Waals surface area contributed by atoms with Gasteiger partial charge >= 0.3 is 0 Å². The number of amides is 1. The van der Waals surface area contributed by atoms with Crippen LogP contribution in [0, 0.1) is 24.0 Å². The fourth-order valence-electron chi connectivity index (χ4n) is 3.33. The SMILES string of the molecule is Cc1cc(C)cc(N2C(=O)CS[C@H]2c2cc3c(cc2[N+](=O)[O-])OCO3)c1. The van der Waals surface area contributed by atoms with Crippen LogP contribution in [0.15, 0.2) is 30.3 Å². The van der Waals surface area contributed by atoms with Crippen molar-refractivity contribution < 1.29 is 19.2 Å². The lowest BCUT2D eigenvalue weighted by molar-refractivity contribution is -0.385. The number of rotatable bonds is 3. The molecule has 2 aliphatic heterocycles. The molecule has 2 aliphatic rings. The van der Waals surface area contributed by atoms with E-state index < -0.39 is 10.3 Å². The quantitative estimate of drug-likeness (QED) is 0.603. The molecule has 134 valence electrons. The first kappa shape index (κ1) is 16.7. The molecule has 26 heavy (non-hydrogen) atoms. The normalized spacial score (nSPS) is 18.5. The maximum Gasteiger partial charge on any atom is 0.279 e. The summed E-state index contributed by atoms with van der Waals surface area (Å²) in [5.74, 6) is 1.01. The largest absolute Gasteiger partial charge is 0.454 e. The number of ether oxygens (including phenoxy) is 2. The average molecular weight is 372 g/mol. The lowest BCUT2D eigenvalue weighted by atomic mass is 10.1. The van der Waals surface area contributed by atoms with Crippen molar-refractivity contribution in [1.29, 1.82) is 0 Å². The lowest BCUT2D eigenvalue weighted by Crippen LogP contribution is -2.28. The highest BCUT2D eigenvalue weighted by molar-refractivity contribution is 8.00. The maximum absolute atomic E-state index is 12.6. The van der Waals surface area contributed by atoms with Gasteiger partial charge in [-0.25, -0.2) is 0 Å². The maximum atomic E-state index is 12.6. The number of carbonyl (C=O) groups is 1. The zero-order valence-electron chi connectivity index (χ0n) is 14.2. The number of nitro groups is 1. The van der Waals surface area contributed by atoms with Crippen LogP contribution in [0.4, 0.5) is 11.4 Å². The fraction of sp³-hybridized carbons (Fsp3) is 0.278. The van der Waals surface area contributed by atoms with Gasteiger partial charge in [-0.3, -0.25) is 19.8 Å². The third-order valence-electron chi connectivity index (χ3n) is 4.34. The number of aryl methyl sites for hydroxylation is 2. The van der Waals surface area contributed by atoms with Crippen molar-refractivity contribution in [3.05, 3.63) is 57.1 Å². The molecule has 8 heteroatoms. The van der Waals surface area contributed by atoms with Crippen LogP contribution >= 0.6 is 11.8 Å². The van der Waals surface area contributed by atoms with Gasteiger partial charge in [0.1, 0.15) is 5.37 Å². The van der Waals surface area contributed by atoms with E-state index in [-0.39, 0.29) is 24.1 Å². The van der Waals surface area contributed by atoms with Gasteiger partial charge in [-0.15, -0.1) is 11.8 Å².